The van der Waals surface area contributed by atoms with Crippen molar-refractivity contribution < 1.29 is 0 Å². The van der Waals surface area contributed by atoms with Crippen LogP contribution in [0.4, 0.5) is 0 Å². The summed E-state index contributed by atoms with van der Waals surface area (Å²) in [5, 5.41) is 7.37. The molecule has 2 heterocycles. The maximum absolute atomic E-state index is 4.54. The van der Waals surface area contributed by atoms with Crippen molar-refractivity contribution in [3.05, 3.63) is 170 Å². The molecule has 0 saturated carbocycles. The van der Waals surface area contributed by atoms with Crippen LogP contribution in [0.1, 0.15) is 0 Å². The van der Waals surface area contributed by atoms with E-state index in [1.807, 2.05) is 24.5 Å². The van der Waals surface area contributed by atoms with E-state index in [4.69, 9.17) is 0 Å². The third-order valence-corrected chi connectivity index (χ3v) is 9.10. The summed E-state index contributed by atoms with van der Waals surface area (Å²) < 4.78 is 0. The van der Waals surface area contributed by atoms with E-state index in [2.05, 4.69) is 156 Å². The normalized spacial score (nSPS) is 11.5. The van der Waals surface area contributed by atoms with Gasteiger partial charge in [-0.2, -0.15) is 0 Å². The van der Waals surface area contributed by atoms with Crippen LogP contribution in [0.5, 0.6) is 0 Å². The van der Waals surface area contributed by atoms with Crippen LogP contribution in [0.2, 0.25) is 0 Å². The third kappa shape index (κ3) is 4.60. The molecule has 46 heavy (non-hydrogen) atoms. The Hall–Kier alpha value is -6.12. The fraction of sp³-hybridized carbons (Fsp3) is 0. The Balaban J connectivity index is 1.19. The summed E-state index contributed by atoms with van der Waals surface area (Å²) in [4.78, 5) is 9.08. The molecule has 0 unspecified atom stereocenters. The number of rotatable bonds is 4. The molecule has 2 heteroatoms. The molecule has 0 spiro atoms. The molecule has 0 fully saturated rings. The summed E-state index contributed by atoms with van der Waals surface area (Å²) in [6.07, 6.45) is 3.69. The van der Waals surface area contributed by atoms with E-state index in [0.717, 1.165) is 21.8 Å². The molecule has 0 amide bonds. The quantitative estimate of drug-likeness (QED) is 0.192. The molecule has 0 aliphatic carbocycles. The van der Waals surface area contributed by atoms with Gasteiger partial charge in [0.15, 0.2) is 0 Å². The molecule has 2 aromatic heterocycles. The van der Waals surface area contributed by atoms with Crippen molar-refractivity contribution in [2.45, 2.75) is 0 Å². The van der Waals surface area contributed by atoms with Crippen LogP contribution in [0, 0.1) is 0 Å². The highest BCUT2D eigenvalue weighted by Gasteiger charge is 2.12. The second kappa shape index (κ2) is 10.8. The maximum Gasteiger partial charge on any atom is 0.0702 e. The Morgan fingerprint density at radius 3 is 1.39 bits per heavy atom. The summed E-state index contributed by atoms with van der Waals surface area (Å²) >= 11 is 0. The number of aromatic nitrogens is 2. The van der Waals surface area contributed by atoms with Crippen molar-refractivity contribution in [2.75, 3.05) is 0 Å². The number of hydrogen-bond acceptors (Lipinski definition) is 2. The van der Waals surface area contributed by atoms with Crippen LogP contribution in [0.25, 0.3) is 87.9 Å². The van der Waals surface area contributed by atoms with Crippen molar-refractivity contribution in [3.63, 3.8) is 0 Å². The van der Waals surface area contributed by atoms with Crippen LogP contribution < -0.4 is 0 Å². The fourth-order valence-electron chi connectivity index (χ4n) is 6.77. The van der Waals surface area contributed by atoms with Gasteiger partial charge in [0.1, 0.15) is 0 Å². The molecule has 0 atom stereocenters. The zero-order valence-corrected chi connectivity index (χ0v) is 25.1. The second-order valence-corrected chi connectivity index (χ2v) is 11.9. The first-order valence-electron chi connectivity index (χ1n) is 15.6. The molecule has 0 radical (unpaired) electrons. The Bertz CT molecular complexity index is 2480. The molecule has 2 nitrogen and oxygen atoms in total. The van der Waals surface area contributed by atoms with Crippen molar-refractivity contribution >= 4 is 43.4 Å². The lowest BCUT2D eigenvalue weighted by Crippen LogP contribution is -1.88. The van der Waals surface area contributed by atoms with Crippen molar-refractivity contribution in [1.82, 2.24) is 9.97 Å². The van der Waals surface area contributed by atoms with Gasteiger partial charge in [0.25, 0.3) is 0 Å². The first-order valence-corrected chi connectivity index (χ1v) is 15.6. The standard InChI is InChI=1S/C44H28N2/c1-2-10-39-33(7-1)28-42(41-12-4-3-11-40(39)41)30-15-13-29(14-16-30)36-25-37(31-17-19-43-34(23-31)8-5-21-45-43)27-38(26-36)32-18-20-44-35(24-32)9-6-22-46-44/h1-28H. The molecule has 9 rings (SSSR count). The summed E-state index contributed by atoms with van der Waals surface area (Å²) in [6.45, 7) is 0. The smallest absolute Gasteiger partial charge is 0.0702 e. The van der Waals surface area contributed by atoms with Gasteiger partial charge in [0, 0.05) is 23.2 Å². The highest BCUT2D eigenvalue weighted by Crippen LogP contribution is 2.38. The molecule has 0 saturated heterocycles. The first kappa shape index (κ1) is 26.3. The van der Waals surface area contributed by atoms with E-state index < -0.39 is 0 Å². The van der Waals surface area contributed by atoms with Gasteiger partial charge >= 0.3 is 0 Å². The van der Waals surface area contributed by atoms with E-state index in [1.54, 1.807) is 0 Å². The zero-order chi connectivity index (χ0) is 30.5. The fourth-order valence-corrected chi connectivity index (χ4v) is 6.77. The largest absolute Gasteiger partial charge is 0.256 e. The molecule has 9 aromatic rings. The summed E-state index contributed by atoms with van der Waals surface area (Å²) in [7, 11) is 0. The van der Waals surface area contributed by atoms with Crippen LogP contribution >= 0.6 is 0 Å². The minimum absolute atomic E-state index is 1.00. The Morgan fingerprint density at radius 1 is 0.283 bits per heavy atom. The molecular formula is C44H28N2. The molecule has 0 aliphatic rings. The van der Waals surface area contributed by atoms with Gasteiger partial charge in [-0.15, -0.1) is 0 Å². The van der Waals surface area contributed by atoms with E-state index in [-0.39, 0.29) is 0 Å². The van der Waals surface area contributed by atoms with Gasteiger partial charge in [-0.1, -0.05) is 97.1 Å². The van der Waals surface area contributed by atoms with Crippen molar-refractivity contribution in [3.8, 4) is 44.5 Å². The van der Waals surface area contributed by atoms with Gasteiger partial charge in [-0.05, 0) is 127 Å². The summed E-state index contributed by atoms with van der Waals surface area (Å²) in [5.41, 5.74) is 11.5. The molecule has 0 bridgehead atoms. The Kier molecular flexibility index (Phi) is 6.17. The third-order valence-electron chi connectivity index (χ3n) is 9.10. The zero-order valence-electron chi connectivity index (χ0n) is 25.1. The lowest BCUT2D eigenvalue weighted by Gasteiger charge is -2.14. The average Bonchev–Trinajstić information content (AvgIpc) is 3.14. The van der Waals surface area contributed by atoms with Crippen molar-refractivity contribution in [1.29, 1.82) is 0 Å². The minimum atomic E-state index is 1.00. The number of fused-ring (bicyclic) bond motifs is 5. The van der Waals surface area contributed by atoms with E-state index >= 15 is 0 Å². The molecular weight excluding hydrogens is 556 g/mol. The van der Waals surface area contributed by atoms with Gasteiger partial charge in [0.2, 0.25) is 0 Å². The van der Waals surface area contributed by atoms with Crippen LogP contribution in [-0.2, 0) is 0 Å². The predicted octanol–water partition coefficient (Wildman–Crippen LogP) is 11.8. The van der Waals surface area contributed by atoms with Crippen LogP contribution in [0.15, 0.2) is 170 Å². The first-order chi connectivity index (χ1) is 22.8. The van der Waals surface area contributed by atoms with Crippen LogP contribution in [-0.4, -0.2) is 9.97 Å². The Labute approximate surface area is 267 Å². The number of pyridine rings is 2. The summed E-state index contributed by atoms with van der Waals surface area (Å²) in [6, 6.07) is 57.0. The van der Waals surface area contributed by atoms with E-state index in [9.17, 15) is 0 Å². The van der Waals surface area contributed by atoms with Gasteiger partial charge in [-0.3, -0.25) is 9.97 Å². The lowest BCUT2D eigenvalue weighted by molar-refractivity contribution is 1.41. The van der Waals surface area contributed by atoms with E-state index in [0.29, 0.717) is 0 Å². The topological polar surface area (TPSA) is 25.8 Å². The average molecular weight is 585 g/mol. The highest BCUT2D eigenvalue weighted by molar-refractivity contribution is 6.13. The van der Waals surface area contributed by atoms with Gasteiger partial charge < -0.3 is 0 Å². The minimum Gasteiger partial charge on any atom is -0.256 e. The Morgan fingerprint density at radius 2 is 0.761 bits per heavy atom. The highest BCUT2D eigenvalue weighted by atomic mass is 14.6. The monoisotopic (exact) mass is 584 g/mol. The SMILES string of the molecule is c1cnc2ccc(-c3cc(-c4ccc(-c5cc6ccccc6c6ccccc56)cc4)cc(-c4ccc5ncccc5c4)c3)cc2c1. The number of nitrogens with zero attached hydrogens (tertiary/aromatic N) is 2. The van der Waals surface area contributed by atoms with Gasteiger partial charge in [0.05, 0.1) is 11.0 Å². The molecule has 214 valence electrons. The number of benzene rings is 7. The molecule has 7 aromatic carbocycles. The maximum atomic E-state index is 4.54. The van der Waals surface area contributed by atoms with Crippen LogP contribution in [0.3, 0.4) is 0 Å². The van der Waals surface area contributed by atoms with Gasteiger partial charge in [-0.25, -0.2) is 0 Å². The van der Waals surface area contributed by atoms with Crippen molar-refractivity contribution in [2.24, 2.45) is 0 Å². The second-order valence-electron chi connectivity index (χ2n) is 11.9. The predicted molar refractivity (Wildman–Crippen MR) is 194 cm³/mol. The molecule has 0 N–H and O–H groups in total. The number of hydrogen-bond donors (Lipinski definition) is 0. The lowest BCUT2D eigenvalue weighted by atomic mass is 9.90. The summed E-state index contributed by atoms with van der Waals surface area (Å²) in [5.74, 6) is 0. The van der Waals surface area contributed by atoms with E-state index in [1.165, 1.54) is 66.1 Å². The molecule has 0 aliphatic heterocycles.